The molecule has 0 saturated heterocycles. The molecule has 0 radical (unpaired) electrons. The molecule has 0 aliphatic carbocycles. The highest BCUT2D eigenvalue weighted by Crippen LogP contribution is 2.21. The van der Waals surface area contributed by atoms with E-state index in [9.17, 15) is 28.1 Å². The molecule has 2 aromatic rings. The number of carbonyl (C=O) groups excluding carboxylic acids is 2. The molecule has 3 amide bonds. The summed E-state index contributed by atoms with van der Waals surface area (Å²) in [6.45, 7) is 0.775. The molecule has 0 unspecified atom stereocenters. The van der Waals surface area contributed by atoms with E-state index in [0.717, 1.165) is 4.90 Å². The Balaban J connectivity index is 2.37. The predicted octanol–water partition coefficient (Wildman–Crippen LogP) is 1.39. The van der Waals surface area contributed by atoms with Crippen LogP contribution in [0.2, 0.25) is 0 Å². The second-order valence-electron chi connectivity index (χ2n) is 5.89. The Morgan fingerprint density at radius 1 is 1.14 bits per heavy atom. The highest BCUT2D eigenvalue weighted by molar-refractivity contribution is 7.90. The number of nitro benzene ring substituents is 1. The van der Waals surface area contributed by atoms with E-state index in [1.54, 1.807) is 6.07 Å². The van der Waals surface area contributed by atoms with Crippen molar-refractivity contribution < 1.29 is 28.1 Å². The van der Waals surface area contributed by atoms with Crippen LogP contribution in [0.4, 0.5) is 10.5 Å². The molecule has 154 valence electrons. The number of carbonyl (C=O) groups is 2. The van der Waals surface area contributed by atoms with Crippen LogP contribution in [0, 0.1) is 10.1 Å². The molecule has 2 rings (SSSR count). The number of nitrogens with one attached hydrogen (secondary N) is 2. The van der Waals surface area contributed by atoms with Crippen LogP contribution >= 0.6 is 0 Å². The van der Waals surface area contributed by atoms with Crippen molar-refractivity contribution in [3.63, 3.8) is 0 Å². The minimum absolute atomic E-state index is 0.0716. The molecular formula is C17H18N4O7S. The molecule has 0 bridgehead atoms. The summed E-state index contributed by atoms with van der Waals surface area (Å²) in [5, 5.41) is 20.1. The standard InChI is InChI=1S/C17H18N4O7S/c1-12(16(22)18-24)20(11-13-7-5-6-10-15(13)21(25)26)17(23)19-29(27,28)14-8-3-2-4-9-14/h2-10,12,24H,11H2,1H3,(H,18,22)(H,19,23)/t12-/m0/s1. The second kappa shape index (κ2) is 9.12. The molecule has 0 aliphatic heterocycles. The third-order valence-corrected chi connectivity index (χ3v) is 5.36. The van der Waals surface area contributed by atoms with Gasteiger partial charge in [-0.25, -0.2) is 23.4 Å². The number of hydrogen-bond acceptors (Lipinski definition) is 7. The van der Waals surface area contributed by atoms with Crippen LogP contribution in [0.1, 0.15) is 12.5 Å². The van der Waals surface area contributed by atoms with E-state index in [1.165, 1.54) is 60.9 Å². The van der Waals surface area contributed by atoms with E-state index in [2.05, 4.69) is 0 Å². The minimum atomic E-state index is -4.26. The number of para-hydroxylation sites is 1. The Labute approximate surface area is 166 Å². The topological polar surface area (TPSA) is 159 Å². The van der Waals surface area contributed by atoms with Crippen molar-refractivity contribution in [2.45, 2.75) is 24.4 Å². The Morgan fingerprint density at radius 2 is 1.72 bits per heavy atom. The van der Waals surface area contributed by atoms with E-state index in [1.807, 2.05) is 4.72 Å². The summed E-state index contributed by atoms with van der Waals surface area (Å²) in [6.07, 6.45) is 0. The summed E-state index contributed by atoms with van der Waals surface area (Å²) >= 11 is 0. The number of amides is 3. The smallest absolute Gasteiger partial charge is 0.308 e. The van der Waals surface area contributed by atoms with E-state index in [0.29, 0.717) is 0 Å². The molecule has 0 fully saturated rings. The van der Waals surface area contributed by atoms with Crippen molar-refractivity contribution in [1.82, 2.24) is 15.1 Å². The van der Waals surface area contributed by atoms with E-state index in [4.69, 9.17) is 5.21 Å². The summed E-state index contributed by atoms with van der Waals surface area (Å²) in [6, 6.07) is 10.0. The molecule has 0 aliphatic rings. The first-order chi connectivity index (χ1) is 13.7. The zero-order valence-corrected chi connectivity index (χ0v) is 16.0. The van der Waals surface area contributed by atoms with Crippen LogP contribution in [0.3, 0.4) is 0 Å². The van der Waals surface area contributed by atoms with Gasteiger partial charge in [0.1, 0.15) is 6.04 Å². The number of benzene rings is 2. The summed E-state index contributed by atoms with van der Waals surface area (Å²) in [7, 11) is -4.26. The van der Waals surface area contributed by atoms with Crippen LogP contribution in [-0.2, 0) is 21.4 Å². The molecule has 0 aromatic heterocycles. The lowest BCUT2D eigenvalue weighted by molar-refractivity contribution is -0.385. The molecule has 0 heterocycles. The molecular weight excluding hydrogens is 404 g/mol. The van der Waals surface area contributed by atoms with Crippen LogP contribution in [0.25, 0.3) is 0 Å². The van der Waals surface area contributed by atoms with Gasteiger partial charge < -0.3 is 4.90 Å². The predicted molar refractivity (Wildman–Crippen MR) is 100 cm³/mol. The summed E-state index contributed by atoms with van der Waals surface area (Å²) in [5.41, 5.74) is 1.13. The maximum absolute atomic E-state index is 12.7. The molecule has 29 heavy (non-hydrogen) atoms. The lowest BCUT2D eigenvalue weighted by Gasteiger charge is -2.27. The largest absolute Gasteiger partial charge is 0.332 e. The van der Waals surface area contributed by atoms with Gasteiger partial charge in [-0.05, 0) is 19.1 Å². The monoisotopic (exact) mass is 422 g/mol. The number of hydrogen-bond donors (Lipinski definition) is 3. The van der Waals surface area contributed by atoms with Crippen LogP contribution < -0.4 is 10.2 Å². The molecule has 11 nitrogen and oxygen atoms in total. The Bertz CT molecular complexity index is 1010. The van der Waals surface area contributed by atoms with E-state index in [-0.39, 0.29) is 16.1 Å². The quantitative estimate of drug-likeness (QED) is 0.345. The van der Waals surface area contributed by atoms with Gasteiger partial charge in [-0.1, -0.05) is 36.4 Å². The lowest BCUT2D eigenvalue weighted by atomic mass is 10.1. The number of rotatable bonds is 7. The number of nitro groups is 1. The van der Waals surface area contributed by atoms with Crippen molar-refractivity contribution in [2.75, 3.05) is 0 Å². The van der Waals surface area contributed by atoms with Crippen LogP contribution in [0.5, 0.6) is 0 Å². The van der Waals surface area contributed by atoms with Gasteiger partial charge in [-0.3, -0.25) is 20.1 Å². The van der Waals surface area contributed by atoms with Gasteiger partial charge in [-0.2, -0.15) is 0 Å². The van der Waals surface area contributed by atoms with Gasteiger partial charge in [0, 0.05) is 11.6 Å². The van der Waals surface area contributed by atoms with Crippen molar-refractivity contribution >= 4 is 27.6 Å². The third kappa shape index (κ3) is 5.27. The van der Waals surface area contributed by atoms with Gasteiger partial charge >= 0.3 is 6.03 Å². The van der Waals surface area contributed by atoms with E-state index < -0.39 is 39.5 Å². The molecule has 1 atom stereocenters. The first kappa shape index (κ1) is 21.8. The SMILES string of the molecule is C[C@@H](C(=O)NO)N(Cc1ccccc1[N+](=O)[O-])C(=O)NS(=O)(=O)c1ccccc1. The third-order valence-electron chi connectivity index (χ3n) is 4.02. The molecule has 2 aromatic carbocycles. The zero-order valence-electron chi connectivity index (χ0n) is 15.2. The average molecular weight is 422 g/mol. The molecule has 0 spiro atoms. The highest BCUT2D eigenvalue weighted by Gasteiger charge is 2.31. The van der Waals surface area contributed by atoms with Gasteiger partial charge in [0.25, 0.3) is 21.6 Å². The van der Waals surface area contributed by atoms with Crippen LogP contribution in [0.15, 0.2) is 59.5 Å². The van der Waals surface area contributed by atoms with Gasteiger partial charge in [0.2, 0.25) is 0 Å². The number of sulfonamides is 1. The Morgan fingerprint density at radius 3 is 2.31 bits per heavy atom. The highest BCUT2D eigenvalue weighted by atomic mass is 32.2. The summed E-state index contributed by atoms with van der Waals surface area (Å²) < 4.78 is 26.7. The maximum Gasteiger partial charge on any atom is 0.332 e. The molecule has 12 heteroatoms. The fourth-order valence-electron chi connectivity index (χ4n) is 2.46. The first-order valence-corrected chi connectivity index (χ1v) is 9.70. The average Bonchev–Trinajstić information content (AvgIpc) is 2.71. The minimum Gasteiger partial charge on any atom is -0.308 e. The van der Waals surface area contributed by atoms with Crippen molar-refractivity contribution in [2.24, 2.45) is 0 Å². The molecule has 0 saturated carbocycles. The number of nitrogens with zero attached hydrogens (tertiary/aromatic N) is 2. The van der Waals surface area contributed by atoms with Crippen molar-refractivity contribution in [3.05, 3.63) is 70.3 Å². The maximum atomic E-state index is 12.7. The number of hydroxylamine groups is 1. The van der Waals surface area contributed by atoms with Crippen LogP contribution in [-0.4, -0.2) is 41.4 Å². The van der Waals surface area contributed by atoms with Gasteiger partial charge in [0.15, 0.2) is 0 Å². The second-order valence-corrected chi connectivity index (χ2v) is 7.57. The Kier molecular flexibility index (Phi) is 6.85. The lowest BCUT2D eigenvalue weighted by Crippen LogP contribution is -2.51. The number of urea groups is 1. The van der Waals surface area contributed by atoms with Crippen molar-refractivity contribution in [3.8, 4) is 0 Å². The fourth-order valence-corrected chi connectivity index (χ4v) is 3.44. The molecule has 3 N–H and O–H groups in total. The normalized spacial score (nSPS) is 11.9. The zero-order chi connectivity index (χ0) is 21.6. The summed E-state index contributed by atoms with van der Waals surface area (Å²) in [5.74, 6) is -1.00. The van der Waals surface area contributed by atoms with Crippen molar-refractivity contribution in [1.29, 1.82) is 0 Å². The Hall–Kier alpha value is -3.51. The van der Waals surface area contributed by atoms with Gasteiger partial charge in [-0.15, -0.1) is 0 Å². The fraction of sp³-hybridized carbons (Fsp3) is 0.176. The summed E-state index contributed by atoms with van der Waals surface area (Å²) in [4.78, 5) is 35.7. The van der Waals surface area contributed by atoms with Gasteiger partial charge in [0.05, 0.1) is 16.4 Å². The van der Waals surface area contributed by atoms with E-state index >= 15 is 0 Å². The first-order valence-electron chi connectivity index (χ1n) is 8.22.